The Kier molecular flexibility index (Phi) is 5.59. The molecule has 0 fully saturated rings. The molecule has 3 aromatic carbocycles. The Bertz CT molecular complexity index is 1080. The molecule has 0 radical (unpaired) electrons. The Morgan fingerprint density at radius 1 is 0.935 bits per heavy atom. The van der Waals surface area contributed by atoms with E-state index in [-0.39, 0.29) is 5.91 Å². The van der Waals surface area contributed by atoms with Gasteiger partial charge in [-0.05, 0) is 35.9 Å². The van der Waals surface area contributed by atoms with Gasteiger partial charge >= 0.3 is 6.18 Å². The van der Waals surface area contributed by atoms with Crippen LogP contribution >= 0.6 is 0 Å². The summed E-state index contributed by atoms with van der Waals surface area (Å²) >= 11 is 0. The minimum Gasteiger partial charge on any atom is -0.382 e. The first kappa shape index (κ1) is 20.8. The topological polar surface area (TPSA) is 35.6 Å². The molecule has 0 aromatic heterocycles. The summed E-state index contributed by atoms with van der Waals surface area (Å²) in [5.74, 6) is -0.163. The van der Waals surface area contributed by atoms with Gasteiger partial charge in [-0.2, -0.15) is 13.2 Å². The van der Waals surface area contributed by atoms with Crippen molar-refractivity contribution in [1.82, 2.24) is 4.90 Å². The molecule has 1 aliphatic heterocycles. The maximum Gasteiger partial charge on any atom is 0.416 e. The summed E-state index contributed by atoms with van der Waals surface area (Å²) in [7, 11) is 1.68. The molecule has 1 amide bonds. The van der Waals surface area contributed by atoms with Crippen LogP contribution in [0.3, 0.4) is 0 Å². The number of hydrogen-bond acceptors (Lipinski definition) is 3. The van der Waals surface area contributed by atoms with Crippen molar-refractivity contribution in [3.8, 4) is 0 Å². The largest absolute Gasteiger partial charge is 0.416 e. The molecule has 1 N–H and O–H groups in total. The number of nitrogens with one attached hydrogen (secondary N) is 1. The van der Waals surface area contributed by atoms with Crippen molar-refractivity contribution in [3.63, 3.8) is 0 Å². The van der Waals surface area contributed by atoms with E-state index in [1.807, 2.05) is 30.3 Å². The minimum atomic E-state index is -4.45. The predicted molar refractivity (Wildman–Crippen MR) is 116 cm³/mol. The number of anilines is 3. The molecule has 0 aliphatic carbocycles. The van der Waals surface area contributed by atoms with Crippen LogP contribution < -0.4 is 10.2 Å². The first-order valence-electron chi connectivity index (χ1n) is 9.95. The molecule has 0 spiro atoms. The zero-order valence-corrected chi connectivity index (χ0v) is 17.0. The lowest BCUT2D eigenvalue weighted by atomic mass is 10.1. The number of benzene rings is 3. The first-order chi connectivity index (χ1) is 14.8. The Balaban J connectivity index is 1.77. The van der Waals surface area contributed by atoms with Crippen molar-refractivity contribution in [1.29, 1.82) is 0 Å². The summed E-state index contributed by atoms with van der Waals surface area (Å²) in [6.45, 7) is 1.26. The van der Waals surface area contributed by atoms with E-state index >= 15 is 0 Å². The standard InChI is InChI=1S/C24H22F3N3O/c1-29-21-10-6-5-9-19(21)23(31)30(16-17-7-3-2-4-8-17)14-13-28-20-12-11-18(15-22(20)29)24(25,26)27/h2-12,15,28H,13-14,16H2,1H3. The fourth-order valence-corrected chi connectivity index (χ4v) is 3.76. The molecule has 0 saturated heterocycles. The van der Waals surface area contributed by atoms with Gasteiger partial charge in [0.15, 0.2) is 0 Å². The molecule has 0 atom stereocenters. The third-order valence-electron chi connectivity index (χ3n) is 5.38. The van der Waals surface area contributed by atoms with Gasteiger partial charge in [-0.3, -0.25) is 4.79 Å². The maximum absolute atomic E-state index is 13.4. The molecule has 3 aromatic rings. The smallest absolute Gasteiger partial charge is 0.382 e. The maximum atomic E-state index is 13.4. The van der Waals surface area contributed by atoms with Crippen molar-refractivity contribution in [2.75, 3.05) is 30.4 Å². The number of nitrogens with zero attached hydrogens (tertiary/aromatic N) is 2. The van der Waals surface area contributed by atoms with Crippen LogP contribution in [-0.2, 0) is 12.7 Å². The summed E-state index contributed by atoms with van der Waals surface area (Å²) < 4.78 is 40.0. The van der Waals surface area contributed by atoms with Crippen LogP contribution in [0.25, 0.3) is 0 Å². The molecule has 4 rings (SSSR count). The summed E-state index contributed by atoms with van der Waals surface area (Å²) in [5, 5.41) is 3.21. The Morgan fingerprint density at radius 2 is 1.65 bits per heavy atom. The van der Waals surface area contributed by atoms with Crippen LogP contribution in [-0.4, -0.2) is 30.9 Å². The van der Waals surface area contributed by atoms with Crippen LogP contribution in [0.5, 0.6) is 0 Å². The zero-order valence-electron chi connectivity index (χ0n) is 17.0. The zero-order chi connectivity index (χ0) is 22.0. The monoisotopic (exact) mass is 425 g/mol. The van der Waals surface area contributed by atoms with E-state index in [1.54, 1.807) is 41.1 Å². The van der Waals surface area contributed by atoms with E-state index in [2.05, 4.69) is 5.32 Å². The van der Waals surface area contributed by atoms with E-state index in [9.17, 15) is 18.0 Å². The second-order valence-corrected chi connectivity index (χ2v) is 7.44. The van der Waals surface area contributed by atoms with Gasteiger partial charge in [-0.15, -0.1) is 0 Å². The van der Waals surface area contributed by atoms with Crippen molar-refractivity contribution < 1.29 is 18.0 Å². The lowest BCUT2D eigenvalue weighted by Crippen LogP contribution is -2.36. The van der Waals surface area contributed by atoms with E-state index in [4.69, 9.17) is 0 Å². The predicted octanol–water partition coefficient (Wildman–Crippen LogP) is 5.54. The number of carbonyl (C=O) groups excluding carboxylic acids is 1. The minimum absolute atomic E-state index is 0.163. The number of hydrogen-bond donors (Lipinski definition) is 1. The average Bonchev–Trinajstić information content (AvgIpc) is 2.77. The molecule has 1 heterocycles. The number of amides is 1. The highest BCUT2D eigenvalue weighted by Gasteiger charge is 2.32. The molecule has 1 aliphatic rings. The summed E-state index contributed by atoms with van der Waals surface area (Å²) in [4.78, 5) is 16.8. The van der Waals surface area contributed by atoms with Crippen molar-refractivity contribution >= 4 is 23.0 Å². The number of alkyl halides is 3. The van der Waals surface area contributed by atoms with Gasteiger partial charge in [0, 0.05) is 26.7 Å². The highest BCUT2D eigenvalue weighted by molar-refractivity contribution is 6.01. The van der Waals surface area contributed by atoms with Gasteiger partial charge in [0.25, 0.3) is 5.91 Å². The normalized spacial score (nSPS) is 14.5. The van der Waals surface area contributed by atoms with Gasteiger partial charge in [-0.25, -0.2) is 0 Å². The second kappa shape index (κ2) is 8.34. The SMILES string of the molecule is CN1c2cc(C(F)(F)F)ccc2NCCN(Cc2ccccc2)C(=O)c2ccccc21. The van der Waals surface area contributed by atoms with Crippen LogP contribution in [0.15, 0.2) is 72.8 Å². The van der Waals surface area contributed by atoms with E-state index in [1.165, 1.54) is 6.07 Å². The number of rotatable bonds is 2. The number of para-hydroxylation sites is 1. The van der Waals surface area contributed by atoms with Gasteiger partial charge in [0.05, 0.1) is 28.2 Å². The molecule has 7 heteroatoms. The van der Waals surface area contributed by atoms with E-state index in [0.29, 0.717) is 42.3 Å². The highest BCUT2D eigenvalue weighted by atomic mass is 19.4. The molecule has 160 valence electrons. The van der Waals surface area contributed by atoms with Crippen molar-refractivity contribution in [3.05, 3.63) is 89.5 Å². The molecule has 4 nitrogen and oxygen atoms in total. The van der Waals surface area contributed by atoms with Crippen LogP contribution in [0.2, 0.25) is 0 Å². The van der Waals surface area contributed by atoms with Gasteiger partial charge < -0.3 is 15.1 Å². The summed E-state index contributed by atoms with van der Waals surface area (Å²) in [6.07, 6.45) is -4.45. The number of carbonyl (C=O) groups is 1. The number of halogens is 3. The Hall–Kier alpha value is -3.48. The summed E-state index contributed by atoms with van der Waals surface area (Å²) in [6, 6.07) is 20.3. The third kappa shape index (κ3) is 4.35. The van der Waals surface area contributed by atoms with Crippen LogP contribution in [0.1, 0.15) is 21.5 Å². The number of fused-ring (bicyclic) bond motifs is 2. The summed E-state index contributed by atoms with van der Waals surface area (Å²) in [5.41, 5.74) is 2.23. The quantitative estimate of drug-likeness (QED) is 0.586. The fraction of sp³-hybridized carbons (Fsp3) is 0.208. The highest BCUT2D eigenvalue weighted by Crippen LogP contribution is 2.39. The van der Waals surface area contributed by atoms with Crippen LogP contribution in [0, 0.1) is 0 Å². The van der Waals surface area contributed by atoms with Gasteiger partial charge in [-0.1, -0.05) is 42.5 Å². The average molecular weight is 425 g/mol. The fourth-order valence-electron chi connectivity index (χ4n) is 3.76. The molecule has 31 heavy (non-hydrogen) atoms. The van der Waals surface area contributed by atoms with E-state index < -0.39 is 11.7 Å². The Morgan fingerprint density at radius 3 is 2.39 bits per heavy atom. The Labute approximate surface area is 178 Å². The molecule has 0 saturated carbocycles. The van der Waals surface area contributed by atoms with Crippen molar-refractivity contribution in [2.45, 2.75) is 12.7 Å². The third-order valence-corrected chi connectivity index (χ3v) is 5.38. The molecule has 0 unspecified atom stereocenters. The lowest BCUT2D eigenvalue weighted by Gasteiger charge is -2.31. The molecule has 0 bridgehead atoms. The first-order valence-corrected chi connectivity index (χ1v) is 9.95. The van der Waals surface area contributed by atoms with E-state index in [0.717, 1.165) is 17.7 Å². The van der Waals surface area contributed by atoms with Crippen LogP contribution in [0.4, 0.5) is 30.2 Å². The van der Waals surface area contributed by atoms with Gasteiger partial charge in [0.1, 0.15) is 0 Å². The van der Waals surface area contributed by atoms with Crippen molar-refractivity contribution in [2.24, 2.45) is 0 Å². The molecular weight excluding hydrogens is 403 g/mol. The lowest BCUT2D eigenvalue weighted by molar-refractivity contribution is -0.137. The second-order valence-electron chi connectivity index (χ2n) is 7.44. The van der Waals surface area contributed by atoms with Gasteiger partial charge in [0.2, 0.25) is 0 Å². The molecular formula is C24H22F3N3O.